The van der Waals surface area contributed by atoms with Crippen LogP contribution in [-0.4, -0.2) is 30.3 Å². The molecule has 0 heterocycles. The largest absolute Gasteiger partial charge is 0.478 e. The molecule has 0 atom stereocenters. The number of benzene rings is 1. The van der Waals surface area contributed by atoms with E-state index in [1.807, 2.05) is 0 Å². The van der Waals surface area contributed by atoms with Gasteiger partial charge in [-0.1, -0.05) is 6.07 Å². The first-order valence-corrected chi connectivity index (χ1v) is 4.98. The molecule has 17 heavy (non-hydrogen) atoms. The fourth-order valence-corrected chi connectivity index (χ4v) is 1.44. The summed E-state index contributed by atoms with van der Waals surface area (Å²) < 4.78 is 36.8. The van der Waals surface area contributed by atoms with Crippen molar-refractivity contribution in [2.24, 2.45) is 0 Å². The molecule has 0 unspecified atom stereocenters. The number of hydrogen-bond donors (Lipinski definition) is 1. The summed E-state index contributed by atoms with van der Waals surface area (Å²) in [7, 11) is 0. The maximum absolute atomic E-state index is 12.3. The fourth-order valence-electron chi connectivity index (χ4n) is 1.44. The van der Waals surface area contributed by atoms with E-state index in [9.17, 15) is 18.0 Å². The fraction of sp³-hybridized carbons (Fsp3) is 0.364. The molecule has 0 bridgehead atoms. The normalized spacial score (nSPS) is 11.3. The molecule has 6 heteroatoms. The summed E-state index contributed by atoms with van der Waals surface area (Å²) in [5, 5.41) is 8.76. The zero-order valence-corrected chi connectivity index (χ0v) is 9.16. The van der Waals surface area contributed by atoms with Crippen LogP contribution in [0.2, 0.25) is 0 Å². The third-order valence-electron chi connectivity index (χ3n) is 2.21. The SMILES string of the molecule is CCN(CC(F)(F)F)c1cccc(C(=O)O)c1. The van der Waals surface area contributed by atoms with Crippen LogP contribution in [0, 0.1) is 0 Å². The molecule has 0 radical (unpaired) electrons. The Balaban J connectivity index is 2.96. The van der Waals surface area contributed by atoms with Gasteiger partial charge in [0.15, 0.2) is 0 Å². The highest BCUT2D eigenvalue weighted by Crippen LogP contribution is 2.22. The molecule has 3 nitrogen and oxygen atoms in total. The molecule has 0 spiro atoms. The second-order valence-electron chi connectivity index (χ2n) is 3.48. The van der Waals surface area contributed by atoms with Crippen LogP contribution in [0.5, 0.6) is 0 Å². The van der Waals surface area contributed by atoms with Gasteiger partial charge in [0.25, 0.3) is 0 Å². The highest BCUT2D eigenvalue weighted by atomic mass is 19.4. The molecule has 0 fully saturated rings. The molecule has 0 aromatic heterocycles. The summed E-state index contributed by atoms with van der Waals surface area (Å²) in [6.07, 6.45) is -4.31. The van der Waals surface area contributed by atoms with Gasteiger partial charge in [-0.3, -0.25) is 0 Å². The average Bonchev–Trinajstić information content (AvgIpc) is 2.25. The first-order chi connectivity index (χ1) is 7.83. The summed E-state index contributed by atoms with van der Waals surface area (Å²) in [4.78, 5) is 11.8. The van der Waals surface area contributed by atoms with Crippen LogP contribution in [0.3, 0.4) is 0 Å². The first kappa shape index (κ1) is 13.3. The highest BCUT2D eigenvalue weighted by Gasteiger charge is 2.30. The molecule has 1 N–H and O–H groups in total. The van der Waals surface area contributed by atoms with Gasteiger partial charge in [-0.15, -0.1) is 0 Å². The number of aromatic carboxylic acids is 1. The molecule has 94 valence electrons. The molecule has 0 aliphatic rings. The minimum absolute atomic E-state index is 0.0249. The van der Waals surface area contributed by atoms with Crippen molar-refractivity contribution < 1.29 is 23.1 Å². The van der Waals surface area contributed by atoms with Gasteiger partial charge < -0.3 is 10.0 Å². The molecule has 0 amide bonds. The Labute approximate surface area is 96.5 Å². The van der Waals surface area contributed by atoms with E-state index in [4.69, 9.17) is 5.11 Å². The van der Waals surface area contributed by atoms with Crippen LogP contribution in [0.1, 0.15) is 17.3 Å². The summed E-state index contributed by atoms with van der Waals surface area (Å²) in [5.41, 5.74) is 0.229. The van der Waals surface area contributed by atoms with Crippen molar-refractivity contribution >= 4 is 11.7 Å². The maximum Gasteiger partial charge on any atom is 0.405 e. The van der Waals surface area contributed by atoms with Crippen molar-refractivity contribution in [1.82, 2.24) is 0 Å². The summed E-state index contributed by atoms with van der Waals surface area (Å²) in [6, 6.07) is 5.46. The predicted octanol–water partition coefficient (Wildman–Crippen LogP) is 2.77. The monoisotopic (exact) mass is 247 g/mol. The van der Waals surface area contributed by atoms with Gasteiger partial charge in [0.05, 0.1) is 5.56 Å². The second kappa shape index (κ2) is 5.07. The number of carbonyl (C=O) groups is 1. The lowest BCUT2D eigenvalue weighted by molar-refractivity contribution is -0.119. The Morgan fingerprint density at radius 2 is 2.06 bits per heavy atom. The topological polar surface area (TPSA) is 40.5 Å². The minimum Gasteiger partial charge on any atom is -0.478 e. The van der Waals surface area contributed by atoms with Gasteiger partial charge >= 0.3 is 12.1 Å². The Hall–Kier alpha value is -1.72. The predicted molar refractivity (Wildman–Crippen MR) is 57.3 cm³/mol. The minimum atomic E-state index is -4.31. The third kappa shape index (κ3) is 3.97. The van der Waals surface area contributed by atoms with E-state index in [0.29, 0.717) is 0 Å². The quantitative estimate of drug-likeness (QED) is 0.889. The summed E-state index contributed by atoms with van der Waals surface area (Å²) in [6.45, 7) is 0.647. The summed E-state index contributed by atoms with van der Waals surface area (Å²) >= 11 is 0. The number of halogens is 3. The van der Waals surface area contributed by atoms with E-state index in [1.54, 1.807) is 6.92 Å². The number of anilines is 1. The molecule has 1 rings (SSSR count). The Morgan fingerprint density at radius 1 is 1.41 bits per heavy atom. The van der Waals surface area contributed by atoms with E-state index in [2.05, 4.69) is 0 Å². The van der Waals surface area contributed by atoms with E-state index in [0.717, 1.165) is 4.90 Å². The van der Waals surface area contributed by atoms with Crippen LogP contribution >= 0.6 is 0 Å². The molecule has 1 aromatic carbocycles. The Bertz CT molecular complexity index is 404. The number of carboxylic acid groups (broad SMARTS) is 1. The number of nitrogens with zero attached hydrogens (tertiary/aromatic N) is 1. The Kier molecular flexibility index (Phi) is 3.98. The second-order valence-corrected chi connectivity index (χ2v) is 3.48. The molecule has 1 aromatic rings. The van der Waals surface area contributed by atoms with Gasteiger partial charge in [0.2, 0.25) is 0 Å². The molecule has 0 saturated carbocycles. The summed E-state index contributed by atoms with van der Waals surface area (Å²) in [5.74, 6) is -1.16. The van der Waals surface area contributed by atoms with Crippen molar-refractivity contribution in [3.8, 4) is 0 Å². The van der Waals surface area contributed by atoms with Gasteiger partial charge in [-0.05, 0) is 25.1 Å². The van der Waals surface area contributed by atoms with Gasteiger partial charge in [0.1, 0.15) is 6.54 Å². The Morgan fingerprint density at radius 3 is 2.53 bits per heavy atom. The average molecular weight is 247 g/mol. The van der Waals surface area contributed by atoms with Crippen molar-refractivity contribution in [1.29, 1.82) is 0 Å². The third-order valence-corrected chi connectivity index (χ3v) is 2.21. The lowest BCUT2D eigenvalue weighted by Crippen LogP contribution is -2.34. The number of carboxylic acids is 1. The van der Waals surface area contributed by atoms with Crippen molar-refractivity contribution in [2.45, 2.75) is 13.1 Å². The van der Waals surface area contributed by atoms with Crippen molar-refractivity contribution in [3.05, 3.63) is 29.8 Å². The standard InChI is InChI=1S/C11H12F3NO2/c1-2-15(7-11(12,13)14)9-5-3-4-8(6-9)10(16)17/h3-6H,2,7H2,1H3,(H,16,17). The lowest BCUT2D eigenvalue weighted by atomic mass is 10.2. The van der Waals surface area contributed by atoms with Gasteiger partial charge in [-0.25, -0.2) is 4.79 Å². The zero-order valence-electron chi connectivity index (χ0n) is 9.16. The van der Waals surface area contributed by atoms with E-state index < -0.39 is 18.7 Å². The van der Waals surface area contributed by atoms with E-state index in [-0.39, 0.29) is 17.8 Å². The molecular formula is C11H12F3NO2. The van der Waals surface area contributed by atoms with Crippen LogP contribution in [0.15, 0.2) is 24.3 Å². The maximum atomic E-state index is 12.3. The van der Waals surface area contributed by atoms with Gasteiger partial charge in [-0.2, -0.15) is 13.2 Å². The van der Waals surface area contributed by atoms with E-state index >= 15 is 0 Å². The molecule has 0 aliphatic heterocycles. The van der Waals surface area contributed by atoms with Crippen molar-refractivity contribution in [2.75, 3.05) is 18.0 Å². The van der Waals surface area contributed by atoms with Crippen LogP contribution in [-0.2, 0) is 0 Å². The van der Waals surface area contributed by atoms with Crippen LogP contribution in [0.4, 0.5) is 18.9 Å². The van der Waals surface area contributed by atoms with Crippen LogP contribution < -0.4 is 4.90 Å². The number of hydrogen-bond acceptors (Lipinski definition) is 2. The molecule has 0 aliphatic carbocycles. The molecule has 0 saturated heterocycles. The van der Waals surface area contributed by atoms with E-state index in [1.165, 1.54) is 24.3 Å². The first-order valence-electron chi connectivity index (χ1n) is 4.98. The smallest absolute Gasteiger partial charge is 0.405 e. The van der Waals surface area contributed by atoms with Crippen molar-refractivity contribution in [3.63, 3.8) is 0 Å². The number of alkyl halides is 3. The molecular weight excluding hydrogens is 235 g/mol. The zero-order chi connectivity index (χ0) is 13.1. The number of rotatable bonds is 4. The highest BCUT2D eigenvalue weighted by molar-refractivity contribution is 5.88. The van der Waals surface area contributed by atoms with Crippen LogP contribution in [0.25, 0.3) is 0 Å². The van der Waals surface area contributed by atoms with Gasteiger partial charge in [0, 0.05) is 12.2 Å². The lowest BCUT2D eigenvalue weighted by Gasteiger charge is -2.24.